The highest BCUT2D eigenvalue weighted by atomic mass is 35.7. The molecule has 6 N–H and O–H groups in total. The van der Waals surface area contributed by atoms with Gasteiger partial charge >= 0.3 is 31.4 Å². The number of H-pyrrole nitrogens is 1. The molecule has 0 radical (unpaired) electrons. The van der Waals surface area contributed by atoms with Crippen LogP contribution in [0.1, 0.15) is 92.5 Å². The molecule has 6 fully saturated rings. The number of aromatic nitrogens is 6. The highest BCUT2D eigenvalue weighted by molar-refractivity contribution is 7.81. The molecule has 9 heterocycles. The lowest BCUT2D eigenvalue weighted by atomic mass is 10.00. The summed E-state index contributed by atoms with van der Waals surface area (Å²) in [6, 6.07) is 32.7. The lowest BCUT2D eigenvalue weighted by molar-refractivity contribution is -0.139. The minimum atomic E-state index is -4.97. The Morgan fingerprint density at radius 1 is 0.442 bits per heavy atom. The predicted molar refractivity (Wildman–Crippen MR) is 500 cm³/mol. The molecule has 6 aromatic carbocycles. The molecule has 0 aliphatic carbocycles. The maximum absolute atomic E-state index is 15.2. The molecule has 0 unspecified atom stereocenters. The van der Waals surface area contributed by atoms with Gasteiger partial charge in [0.15, 0.2) is 17.1 Å². The van der Waals surface area contributed by atoms with Gasteiger partial charge in [-0.1, -0.05) is 36.4 Å². The Hall–Kier alpha value is -10.9. The van der Waals surface area contributed by atoms with Crippen molar-refractivity contribution < 1.29 is 109 Å². The molecule has 6 aliphatic heterocycles. The van der Waals surface area contributed by atoms with E-state index in [1.807, 2.05) is 59.3 Å². The van der Waals surface area contributed by atoms with Crippen molar-refractivity contribution in [1.82, 2.24) is 60.0 Å². The first-order valence-corrected chi connectivity index (χ1v) is 46.8. The zero-order chi connectivity index (χ0) is 98.9. The first kappa shape index (κ1) is 109. The van der Waals surface area contributed by atoms with Crippen molar-refractivity contribution in [1.29, 1.82) is 0 Å². The summed E-state index contributed by atoms with van der Waals surface area (Å²) in [4.78, 5) is 68.3. The smallest absolute Gasteiger partial charge is 0.424 e. The molecular weight excluding hydrogens is 1890 g/mol. The van der Waals surface area contributed by atoms with E-state index in [2.05, 4.69) is 86.5 Å². The molecule has 31 nitrogen and oxygen atoms in total. The lowest BCUT2D eigenvalue weighted by Crippen LogP contribution is -2.44. The van der Waals surface area contributed by atoms with E-state index >= 15 is 8.78 Å². The van der Waals surface area contributed by atoms with Gasteiger partial charge in [0.05, 0.1) is 117 Å². The largest absolute Gasteiger partial charge is 0.477 e. The van der Waals surface area contributed by atoms with Crippen LogP contribution in [-0.2, 0) is 66.0 Å². The first-order valence-electron chi connectivity index (χ1n) is 44.3. The predicted octanol–water partition coefficient (Wildman–Crippen LogP) is 15.0. The molecule has 138 heavy (non-hydrogen) atoms. The van der Waals surface area contributed by atoms with Crippen LogP contribution in [0.3, 0.4) is 0 Å². The van der Waals surface area contributed by atoms with Crippen LogP contribution in [0.2, 0.25) is 0 Å². The van der Waals surface area contributed by atoms with E-state index < -0.39 is 94.2 Å². The third kappa shape index (κ3) is 31.3. The van der Waals surface area contributed by atoms with Crippen LogP contribution in [-0.4, -0.2) is 288 Å². The molecule has 0 atom stereocenters. The van der Waals surface area contributed by atoms with Crippen molar-refractivity contribution in [3.63, 3.8) is 0 Å². The van der Waals surface area contributed by atoms with E-state index in [4.69, 9.17) is 45.8 Å². The summed E-state index contributed by atoms with van der Waals surface area (Å²) in [6.07, 6.45) is -14.7. The number of nitrogens with zero attached hydrogens (tertiary/aromatic N) is 14. The number of halogens is 14. The number of hydrogen-bond donors (Lipinski definition) is 5. The number of rotatable bonds is 25. The van der Waals surface area contributed by atoms with Gasteiger partial charge in [-0.05, 0) is 155 Å². The summed E-state index contributed by atoms with van der Waals surface area (Å²) >= 11 is 5.25. The third-order valence-electron chi connectivity index (χ3n) is 22.7. The second kappa shape index (κ2) is 50.8. The Morgan fingerprint density at radius 3 is 1.11 bits per heavy atom. The van der Waals surface area contributed by atoms with E-state index in [-0.39, 0.29) is 54.6 Å². The van der Waals surface area contributed by atoms with Gasteiger partial charge < -0.3 is 74.6 Å². The molecule has 2 amide bonds. The van der Waals surface area contributed by atoms with Crippen LogP contribution >= 0.6 is 30.6 Å². The number of anilines is 6. The Labute approximate surface area is 800 Å². The minimum absolute atomic E-state index is 0. The summed E-state index contributed by atoms with van der Waals surface area (Å²) in [5.74, 6) is -5.85. The molecule has 0 saturated carbocycles. The normalized spacial score (nSPS) is 16.2. The van der Waals surface area contributed by atoms with Gasteiger partial charge in [-0.3, -0.25) is 38.1 Å². The van der Waals surface area contributed by atoms with Crippen molar-refractivity contribution in [2.45, 2.75) is 65.9 Å². The molecule has 3 aromatic heterocycles. The summed E-state index contributed by atoms with van der Waals surface area (Å²) in [5.41, 5.74) is 7.50. The highest BCUT2D eigenvalue weighted by Gasteiger charge is 2.41. The van der Waals surface area contributed by atoms with Gasteiger partial charge in [0.1, 0.15) is 17.5 Å². The number of carbonyl (C=O) groups excluding carboxylic acids is 2. The van der Waals surface area contributed by atoms with E-state index in [0.717, 1.165) is 139 Å². The van der Waals surface area contributed by atoms with Gasteiger partial charge in [-0.2, -0.15) is 44.6 Å². The number of morpholine rings is 3. The molecular formula is C92H111Cl2F12N18O13P. The number of piperazine rings is 3. The van der Waals surface area contributed by atoms with Crippen LogP contribution in [0.25, 0.3) is 33.4 Å². The minimum Gasteiger partial charge on any atom is -0.477 e. The number of carbonyl (C=O) groups is 3. The number of benzene rings is 6. The number of nitrogens with two attached hydrogens (primary N) is 1. The molecule has 6 aliphatic rings. The van der Waals surface area contributed by atoms with E-state index in [0.29, 0.717) is 142 Å². The maximum Gasteiger partial charge on any atom is 0.424 e. The average Bonchev–Trinajstić information content (AvgIpc) is 0.907. The maximum atomic E-state index is 15.2. The zero-order valence-electron chi connectivity index (χ0n) is 77.0. The number of carboxylic acids is 1. The number of likely N-dealkylation sites (N-methyl/N-ethyl adjacent to an activating group) is 3. The van der Waals surface area contributed by atoms with Crippen LogP contribution in [0.4, 0.5) is 86.8 Å². The number of nitrogens with one attached hydrogen (secondary N) is 3. The molecule has 15 rings (SSSR count). The standard InChI is InChI=1S/C30H34F4N6O3.C28H30F4N6O3.C22H29FN4O.C8H7F3N2O3.C4H10ClO3P.ClH/c1-3-43-27-18-23(30(32,33)34)28(37-36-27)29(41)35-25-17-21(5-7-26(25)40-10-8-38(2)9-11-40)22-16-20(4-6-24(22)31)19-39-12-14-42-15-13-39;1-36-6-8-38(9-7-36)24-5-3-19(20-14-18(2-4-22(20)29)17-37-10-12-41-13-11-37)15-23(24)33-27(40)26-21(28(30,31)32)16-25(39)34-35-26;1-25-6-8-27(9-7-25)22-5-3-18(15-21(22)24)19-14-17(2-4-20(19)23)16-26-10-12-28-13-11-26;1-2-16-5-3-4(8(9,10)11)6(7(14)15)13-12-5;1-3-7-9(5,6)8-4-2;/h4-7,16-18H,3,8-15,19H2,1-2H3,(H,35,41);2-5,14-16H,6-13,17H2,1H3,(H,33,40)(H,34,39);2-5,14-15H,6-13,16,24H2,1H3;3H,2H2,1H3,(H,14,15);3-4H2,1-2H3;1H. The molecule has 6 saturated heterocycles. The number of aromatic carboxylic acids is 1. The van der Waals surface area contributed by atoms with Crippen molar-refractivity contribution in [3.05, 3.63) is 206 Å². The number of carboxylic acid groups (broad SMARTS) is 1. The third-order valence-corrected chi connectivity index (χ3v) is 24.4. The van der Waals surface area contributed by atoms with Gasteiger partial charge in [-0.15, -0.1) is 32.8 Å². The van der Waals surface area contributed by atoms with Crippen molar-refractivity contribution >= 4 is 82.5 Å². The van der Waals surface area contributed by atoms with Crippen molar-refractivity contribution in [2.75, 3.05) is 236 Å². The number of aromatic amines is 1. The van der Waals surface area contributed by atoms with Crippen molar-refractivity contribution in [2.24, 2.45) is 0 Å². The zero-order valence-corrected chi connectivity index (χ0v) is 79.5. The summed E-state index contributed by atoms with van der Waals surface area (Å²) in [7, 11) is 6.12. The lowest BCUT2D eigenvalue weighted by Gasteiger charge is -2.35. The van der Waals surface area contributed by atoms with Gasteiger partial charge in [0.25, 0.3) is 17.4 Å². The number of alkyl halides is 9. The average molecular weight is 2010 g/mol. The Morgan fingerprint density at radius 2 is 0.768 bits per heavy atom. The first-order chi connectivity index (χ1) is 65.3. The highest BCUT2D eigenvalue weighted by Crippen LogP contribution is 2.53. The molecule has 0 spiro atoms. The van der Waals surface area contributed by atoms with Gasteiger partial charge in [0.2, 0.25) is 11.8 Å². The van der Waals surface area contributed by atoms with Crippen LogP contribution in [0.15, 0.2) is 132 Å². The van der Waals surface area contributed by atoms with Crippen LogP contribution < -0.4 is 46.1 Å². The second-order valence-electron chi connectivity index (χ2n) is 32.4. The summed E-state index contributed by atoms with van der Waals surface area (Å²) in [5, 5.41) is 32.4. The fourth-order valence-electron chi connectivity index (χ4n) is 15.5. The molecule has 0 bridgehead atoms. The Kier molecular flexibility index (Phi) is 40.2. The second-order valence-corrected chi connectivity index (χ2v) is 35.1. The monoisotopic (exact) mass is 2000 g/mol. The number of ether oxygens (including phenoxy) is 5. The fraction of sp³-hybridized carbons (Fsp3) is 0.446. The SMILES string of the molecule is CCOP(=O)(Cl)OCC.CCOc1cc(C(F)(F)F)c(C(=O)Nc2cc(-c3cc(CN4CCOCC4)ccc3F)ccc2N2CCN(C)CC2)nn1.CCOc1cc(C(F)(F)F)c(C(=O)O)nn1.CN1CCN(c2ccc(-c3cc(CN4CCOCC4)ccc3F)cc2N)CC1.CN1CCN(c2ccc(-c3cc(CN4CCOCC4)ccc3F)cc2NC(=O)c2n[nH]c(=O)cc2C(F)(F)F)CC1.Cl. The molecule has 750 valence electrons. The molecule has 46 heteroatoms. The van der Waals surface area contributed by atoms with Crippen LogP contribution in [0, 0.1) is 17.5 Å². The van der Waals surface area contributed by atoms with E-state index in [1.54, 1.807) is 94.4 Å². The van der Waals surface area contributed by atoms with Crippen LogP contribution in [0.5, 0.6) is 11.8 Å². The molecule has 9 aromatic rings. The summed E-state index contributed by atoms with van der Waals surface area (Å²) in [6.45, 7) is 24.7. The van der Waals surface area contributed by atoms with Gasteiger partial charge in [-0.25, -0.2) is 27.6 Å². The Balaban J connectivity index is 0.000000192. The quantitative estimate of drug-likeness (QED) is 0.0202. The number of hydrogen-bond acceptors (Lipinski definition) is 27. The summed E-state index contributed by atoms with van der Waals surface area (Å²) < 4.78 is 211. The van der Waals surface area contributed by atoms with Gasteiger partial charge in [0, 0.05) is 184 Å². The number of amides is 2. The Bertz CT molecular complexity index is 5660. The van der Waals surface area contributed by atoms with E-state index in [9.17, 15) is 67.6 Å². The number of nitrogen functional groups attached to an aromatic ring is 1. The van der Waals surface area contributed by atoms with Crippen molar-refractivity contribution in [3.8, 4) is 45.1 Å². The fourth-order valence-corrected chi connectivity index (χ4v) is 16.8. The van der Waals surface area contributed by atoms with E-state index in [1.165, 1.54) is 12.1 Å². The topological polar surface area (TPSA) is 330 Å².